The first-order valence-corrected chi connectivity index (χ1v) is 9.79. The van der Waals surface area contributed by atoms with Gasteiger partial charge in [-0.25, -0.2) is 0 Å². The molecule has 0 saturated carbocycles. The number of nitrogens with one attached hydrogen (secondary N) is 1. The van der Waals surface area contributed by atoms with Crippen molar-refractivity contribution in [3.8, 4) is 11.5 Å². The quantitative estimate of drug-likeness (QED) is 0.546. The summed E-state index contributed by atoms with van der Waals surface area (Å²) in [6.07, 6.45) is 2.40. The van der Waals surface area contributed by atoms with Crippen molar-refractivity contribution in [2.24, 2.45) is 0 Å². The van der Waals surface area contributed by atoms with Crippen molar-refractivity contribution in [3.63, 3.8) is 0 Å². The number of para-hydroxylation sites is 1. The van der Waals surface area contributed by atoms with E-state index in [1.807, 2.05) is 24.3 Å². The van der Waals surface area contributed by atoms with Crippen molar-refractivity contribution in [2.45, 2.75) is 65.6 Å². The fourth-order valence-corrected chi connectivity index (χ4v) is 2.73. The first-order valence-electron chi connectivity index (χ1n) is 9.79. The van der Waals surface area contributed by atoms with Gasteiger partial charge in [-0.2, -0.15) is 0 Å². The van der Waals surface area contributed by atoms with E-state index in [1.54, 1.807) is 0 Å². The van der Waals surface area contributed by atoms with Gasteiger partial charge in [0.05, 0.1) is 12.6 Å². The van der Waals surface area contributed by atoms with Crippen molar-refractivity contribution in [2.75, 3.05) is 11.9 Å². The maximum absolute atomic E-state index is 6.21. The normalized spacial score (nSPS) is 14.3. The molecule has 3 nitrogen and oxygen atoms in total. The Balaban J connectivity index is 1.93. The number of benzene rings is 2. The number of rotatable bonds is 10. The molecule has 3 heteroatoms. The lowest BCUT2D eigenvalue weighted by molar-refractivity contribution is 0.217. The molecule has 0 amide bonds. The summed E-state index contributed by atoms with van der Waals surface area (Å²) < 4.78 is 12.1. The maximum Gasteiger partial charge on any atom is 0.123 e. The Kier molecular flexibility index (Phi) is 7.83. The fourth-order valence-electron chi connectivity index (χ4n) is 2.73. The minimum atomic E-state index is 0.0688. The number of hydrogen-bond acceptors (Lipinski definition) is 3. The van der Waals surface area contributed by atoms with Crippen LogP contribution in [0.25, 0.3) is 0 Å². The van der Waals surface area contributed by atoms with Crippen molar-refractivity contribution in [1.29, 1.82) is 0 Å². The zero-order valence-electron chi connectivity index (χ0n) is 16.8. The largest absolute Gasteiger partial charge is 0.491 e. The van der Waals surface area contributed by atoms with Crippen LogP contribution in [-0.4, -0.2) is 18.8 Å². The zero-order chi connectivity index (χ0) is 18.9. The molecule has 0 bridgehead atoms. The van der Waals surface area contributed by atoms with Crippen LogP contribution in [0.5, 0.6) is 11.5 Å². The van der Waals surface area contributed by atoms with Gasteiger partial charge in [0.15, 0.2) is 0 Å². The van der Waals surface area contributed by atoms with E-state index in [-0.39, 0.29) is 12.2 Å². The molecule has 3 atom stereocenters. The standard InChI is InChI=1S/C23H33NO2/c1-6-17(3)22-13-8-9-14-23(22)26-19(5)16-24-20-11-10-12-21(15-20)25-18(4)7-2/h8-15,17-19,24H,6-7,16H2,1-5H3. The first-order chi connectivity index (χ1) is 12.5. The molecule has 0 radical (unpaired) electrons. The van der Waals surface area contributed by atoms with Gasteiger partial charge in [0.1, 0.15) is 17.6 Å². The molecule has 0 aliphatic heterocycles. The van der Waals surface area contributed by atoms with Gasteiger partial charge < -0.3 is 14.8 Å². The van der Waals surface area contributed by atoms with Crippen LogP contribution in [-0.2, 0) is 0 Å². The third-order valence-corrected chi connectivity index (χ3v) is 4.73. The summed E-state index contributed by atoms with van der Waals surface area (Å²) in [6.45, 7) is 11.5. The van der Waals surface area contributed by atoms with E-state index in [1.165, 1.54) is 5.56 Å². The van der Waals surface area contributed by atoms with Gasteiger partial charge in [-0.05, 0) is 56.4 Å². The Hall–Kier alpha value is -2.16. The number of hydrogen-bond donors (Lipinski definition) is 1. The minimum Gasteiger partial charge on any atom is -0.491 e. The van der Waals surface area contributed by atoms with Crippen molar-refractivity contribution < 1.29 is 9.47 Å². The van der Waals surface area contributed by atoms with E-state index < -0.39 is 0 Å². The Morgan fingerprint density at radius 1 is 0.846 bits per heavy atom. The zero-order valence-corrected chi connectivity index (χ0v) is 16.8. The van der Waals surface area contributed by atoms with E-state index in [2.05, 4.69) is 64.2 Å². The molecule has 0 aliphatic carbocycles. The summed E-state index contributed by atoms with van der Waals surface area (Å²) in [5, 5.41) is 3.45. The number of anilines is 1. The van der Waals surface area contributed by atoms with E-state index in [0.717, 1.165) is 36.6 Å². The molecular formula is C23H33NO2. The van der Waals surface area contributed by atoms with Gasteiger partial charge in [-0.15, -0.1) is 0 Å². The molecule has 0 saturated heterocycles. The summed E-state index contributed by atoms with van der Waals surface area (Å²) in [6, 6.07) is 16.5. The Morgan fingerprint density at radius 2 is 1.62 bits per heavy atom. The van der Waals surface area contributed by atoms with Crippen LogP contribution in [0.4, 0.5) is 5.69 Å². The SMILES string of the molecule is CCC(C)Oc1cccc(NCC(C)Oc2ccccc2C(C)CC)c1. The Morgan fingerprint density at radius 3 is 2.35 bits per heavy atom. The van der Waals surface area contributed by atoms with E-state index in [9.17, 15) is 0 Å². The van der Waals surface area contributed by atoms with Crippen LogP contribution in [0.1, 0.15) is 58.9 Å². The molecule has 0 spiro atoms. The van der Waals surface area contributed by atoms with Gasteiger partial charge in [0.2, 0.25) is 0 Å². The fraction of sp³-hybridized carbons (Fsp3) is 0.478. The average Bonchev–Trinajstić information content (AvgIpc) is 2.66. The highest BCUT2D eigenvalue weighted by atomic mass is 16.5. The van der Waals surface area contributed by atoms with E-state index in [4.69, 9.17) is 9.47 Å². The van der Waals surface area contributed by atoms with Gasteiger partial charge >= 0.3 is 0 Å². The molecule has 0 heterocycles. The monoisotopic (exact) mass is 355 g/mol. The highest BCUT2D eigenvalue weighted by Gasteiger charge is 2.12. The van der Waals surface area contributed by atoms with Gasteiger partial charge in [-0.3, -0.25) is 0 Å². The molecular weight excluding hydrogens is 322 g/mol. The molecule has 3 unspecified atom stereocenters. The molecule has 0 aliphatic rings. The van der Waals surface area contributed by atoms with Gasteiger partial charge in [0, 0.05) is 11.8 Å². The lowest BCUT2D eigenvalue weighted by Crippen LogP contribution is -2.23. The predicted octanol–water partition coefficient (Wildman–Crippen LogP) is 6.26. The van der Waals surface area contributed by atoms with Crippen molar-refractivity contribution in [3.05, 3.63) is 54.1 Å². The molecule has 2 rings (SSSR count). The third kappa shape index (κ3) is 5.98. The first kappa shape index (κ1) is 20.2. The summed E-state index contributed by atoms with van der Waals surface area (Å²) >= 11 is 0. The van der Waals surface area contributed by atoms with Gasteiger partial charge in [-0.1, -0.05) is 45.0 Å². The van der Waals surface area contributed by atoms with Crippen LogP contribution in [0.2, 0.25) is 0 Å². The molecule has 26 heavy (non-hydrogen) atoms. The topological polar surface area (TPSA) is 30.5 Å². The van der Waals surface area contributed by atoms with E-state index in [0.29, 0.717) is 5.92 Å². The van der Waals surface area contributed by atoms with Crippen molar-refractivity contribution >= 4 is 5.69 Å². The Bertz CT molecular complexity index is 671. The predicted molar refractivity (Wildman–Crippen MR) is 111 cm³/mol. The second-order valence-corrected chi connectivity index (χ2v) is 7.02. The molecule has 0 aromatic heterocycles. The third-order valence-electron chi connectivity index (χ3n) is 4.73. The van der Waals surface area contributed by atoms with Crippen LogP contribution in [0, 0.1) is 0 Å². The Labute approximate surface area is 158 Å². The molecule has 1 N–H and O–H groups in total. The summed E-state index contributed by atoms with van der Waals surface area (Å²) in [4.78, 5) is 0. The highest BCUT2D eigenvalue weighted by molar-refractivity contribution is 5.48. The molecule has 0 fully saturated rings. The maximum atomic E-state index is 6.21. The van der Waals surface area contributed by atoms with Gasteiger partial charge in [0.25, 0.3) is 0 Å². The van der Waals surface area contributed by atoms with E-state index >= 15 is 0 Å². The smallest absolute Gasteiger partial charge is 0.123 e. The summed E-state index contributed by atoms with van der Waals surface area (Å²) in [5.41, 5.74) is 2.34. The highest BCUT2D eigenvalue weighted by Crippen LogP contribution is 2.29. The summed E-state index contributed by atoms with van der Waals surface area (Å²) in [7, 11) is 0. The molecule has 142 valence electrons. The van der Waals surface area contributed by atoms with Crippen LogP contribution >= 0.6 is 0 Å². The van der Waals surface area contributed by atoms with Crippen LogP contribution in [0.15, 0.2) is 48.5 Å². The number of ether oxygens (including phenoxy) is 2. The van der Waals surface area contributed by atoms with Crippen LogP contribution < -0.4 is 14.8 Å². The summed E-state index contributed by atoms with van der Waals surface area (Å²) in [5.74, 6) is 2.39. The van der Waals surface area contributed by atoms with Crippen LogP contribution in [0.3, 0.4) is 0 Å². The van der Waals surface area contributed by atoms with Crippen molar-refractivity contribution in [1.82, 2.24) is 0 Å². The minimum absolute atomic E-state index is 0.0688. The lowest BCUT2D eigenvalue weighted by Gasteiger charge is -2.21. The second-order valence-electron chi connectivity index (χ2n) is 7.02. The molecule has 2 aromatic carbocycles. The molecule has 2 aromatic rings. The second kappa shape index (κ2) is 10.1. The average molecular weight is 356 g/mol. The lowest BCUT2D eigenvalue weighted by atomic mass is 9.98.